The summed E-state index contributed by atoms with van der Waals surface area (Å²) < 4.78 is 74.6. The molecule has 4 fully saturated rings. The average molecular weight is 937 g/mol. The largest absolute Gasteiger partial charge is 0.394 e. The molecule has 0 aliphatic carbocycles. The summed E-state index contributed by atoms with van der Waals surface area (Å²) in [6.45, 7) is 2.86. The van der Waals surface area contributed by atoms with Crippen molar-refractivity contribution < 1.29 is 113 Å². The van der Waals surface area contributed by atoms with Gasteiger partial charge in [0.2, 0.25) is 0 Å². The molecule has 0 aromatic heterocycles. The number of aliphatic hydroxyl groups excluding tert-OH is 10. The SMILES string of the molecule is CCOCC1OC(COCC2C(COCCO)OC(COC)C(O)C2O)C(O)C(O)C1COCC1OC(COCC)C(COCC2OC(COCCO)C(OC)C(O)C2O)C(O)C1O. The fraction of sp³-hybridized carbons (Fsp3) is 1.00. The highest BCUT2D eigenvalue weighted by Crippen LogP contribution is 2.32. The van der Waals surface area contributed by atoms with Crippen molar-refractivity contribution in [1.82, 2.24) is 0 Å². The first kappa shape index (κ1) is 55.7. The molecular weight excluding hydrogens is 860 g/mol. The van der Waals surface area contributed by atoms with Gasteiger partial charge in [-0.05, 0) is 13.8 Å². The molecular formula is C41H76O23. The van der Waals surface area contributed by atoms with Gasteiger partial charge in [0.15, 0.2) is 0 Å². The van der Waals surface area contributed by atoms with Gasteiger partial charge in [-0.3, -0.25) is 0 Å². The normalized spacial score (nSPS) is 40.8. The van der Waals surface area contributed by atoms with Crippen molar-refractivity contribution in [3.63, 3.8) is 0 Å². The van der Waals surface area contributed by atoms with E-state index < -0.39 is 122 Å². The summed E-state index contributed by atoms with van der Waals surface area (Å²) in [5.41, 5.74) is 0. The number of aliphatic hydroxyl groups is 10. The highest BCUT2D eigenvalue weighted by atomic mass is 16.6. The second-order valence-corrected chi connectivity index (χ2v) is 16.5. The van der Waals surface area contributed by atoms with Crippen LogP contribution in [0.2, 0.25) is 0 Å². The molecule has 0 radical (unpaired) electrons. The maximum absolute atomic E-state index is 11.4. The molecule has 64 heavy (non-hydrogen) atoms. The van der Waals surface area contributed by atoms with E-state index in [0.717, 1.165) is 0 Å². The number of methoxy groups -OCH3 is 2. The molecule has 4 aliphatic heterocycles. The molecule has 4 heterocycles. The fourth-order valence-electron chi connectivity index (χ4n) is 8.52. The third-order valence-electron chi connectivity index (χ3n) is 12.2. The molecule has 0 aromatic rings. The second-order valence-electron chi connectivity index (χ2n) is 16.5. The minimum atomic E-state index is -1.44. The lowest BCUT2D eigenvalue weighted by Crippen LogP contribution is -2.61. The van der Waals surface area contributed by atoms with E-state index in [1.807, 2.05) is 0 Å². The third kappa shape index (κ3) is 15.3. The molecule has 0 bridgehead atoms. The predicted octanol–water partition coefficient (Wildman–Crippen LogP) is -5.41. The molecule has 0 spiro atoms. The maximum atomic E-state index is 11.4. The molecule has 0 amide bonds. The summed E-state index contributed by atoms with van der Waals surface area (Å²) in [6, 6.07) is 0. The lowest BCUT2D eigenvalue weighted by molar-refractivity contribution is -0.258. The van der Waals surface area contributed by atoms with Gasteiger partial charge in [0.1, 0.15) is 67.1 Å². The Morgan fingerprint density at radius 3 is 1.00 bits per heavy atom. The lowest BCUT2D eigenvalue weighted by atomic mass is 9.86. The van der Waals surface area contributed by atoms with E-state index in [9.17, 15) is 40.9 Å². The molecule has 4 saturated heterocycles. The number of hydrogen-bond donors (Lipinski definition) is 10. The Balaban J connectivity index is 1.32. The van der Waals surface area contributed by atoms with E-state index in [2.05, 4.69) is 0 Å². The van der Waals surface area contributed by atoms with E-state index in [-0.39, 0.29) is 99.1 Å². The van der Waals surface area contributed by atoms with Crippen LogP contribution in [-0.4, -0.2) is 281 Å². The molecule has 0 aromatic carbocycles. The van der Waals surface area contributed by atoms with Gasteiger partial charge >= 0.3 is 0 Å². The summed E-state index contributed by atoms with van der Waals surface area (Å²) in [5, 5.41) is 106. The van der Waals surface area contributed by atoms with Crippen LogP contribution < -0.4 is 0 Å². The average Bonchev–Trinajstić information content (AvgIpc) is 3.28. The molecule has 4 rings (SSSR count). The number of ether oxygens (including phenoxy) is 13. The van der Waals surface area contributed by atoms with Crippen molar-refractivity contribution >= 4 is 0 Å². The van der Waals surface area contributed by atoms with Crippen LogP contribution in [0, 0.1) is 17.8 Å². The van der Waals surface area contributed by atoms with Crippen LogP contribution in [-0.2, 0) is 61.6 Å². The Kier molecular flexibility index (Phi) is 25.4. The van der Waals surface area contributed by atoms with Crippen LogP contribution in [0.25, 0.3) is 0 Å². The Labute approximate surface area is 374 Å². The molecule has 4 aliphatic rings. The molecule has 23 heteroatoms. The van der Waals surface area contributed by atoms with E-state index >= 15 is 0 Å². The van der Waals surface area contributed by atoms with Gasteiger partial charge in [-0.25, -0.2) is 0 Å². The Hall–Kier alpha value is -0.920. The van der Waals surface area contributed by atoms with Crippen molar-refractivity contribution in [1.29, 1.82) is 0 Å². The first-order valence-electron chi connectivity index (χ1n) is 22.2. The van der Waals surface area contributed by atoms with Crippen molar-refractivity contribution in [3.8, 4) is 0 Å². The van der Waals surface area contributed by atoms with Gasteiger partial charge in [0.05, 0.1) is 136 Å². The van der Waals surface area contributed by atoms with Gasteiger partial charge in [-0.15, -0.1) is 0 Å². The van der Waals surface area contributed by atoms with E-state index in [0.29, 0.717) is 13.2 Å². The summed E-state index contributed by atoms with van der Waals surface area (Å²) in [5.74, 6) is -2.37. The van der Waals surface area contributed by atoms with E-state index in [1.165, 1.54) is 14.2 Å². The zero-order chi connectivity index (χ0) is 46.8. The second kappa shape index (κ2) is 29.2. The molecule has 23 nitrogen and oxygen atoms in total. The van der Waals surface area contributed by atoms with E-state index in [4.69, 9.17) is 71.8 Å². The monoisotopic (exact) mass is 936 g/mol. The van der Waals surface area contributed by atoms with Crippen molar-refractivity contribution in [2.24, 2.45) is 17.8 Å². The van der Waals surface area contributed by atoms with Crippen LogP contribution in [0.5, 0.6) is 0 Å². The molecule has 0 saturated carbocycles. The van der Waals surface area contributed by atoms with Crippen LogP contribution in [0.15, 0.2) is 0 Å². The zero-order valence-corrected chi connectivity index (χ0v) is 37.3. The molecule has 378 valence electrons. The maximum Gasteiger partial charge on any atom is 0.114 e. The fourth-order valence-corrected chi connectivity index (χ4v) is 8.52. The van der Waals surface area contributed by atoms with Crippen molar-refractivity contribution in [2.45, 2.75) is 118 Å². The van der Waals surface area contributed by atoms with Crippen LogP contribution in [0.1, 0.15) is 13.8 Å². The minimum absolute atomic E-state index is 0.00191. The summed E-state index contributed by atoms with van der Waals surface area (Å²) in [4.78, 5) is 0. The van der Waals surface area contributed by atoms with Crippen LogP contribution in [0.4, 0.5) is 0 Å². The van der Waals surface area contributed by atoms with Crippen LogP contribution >= 0.6 is 0 Å². The third-order valence-corrected chi connectivity index (χ3v) is 12.2. The number of hydrogen-bond acceptors (Lipinski definition) is 23. The van der Waals surface area contributed by atoms with Crippen molar-refractivity contribution in [3.05, 3.63) is 0 Å². The summed E-state index contributed by atoms with van der Waals surface area (Å²) >= 11 is 0. The standard InChI is InChI=1S/C41H76O23/c1-5-54-15-25-22(34(45)38(49)30(62-25)19-59-13-24-27(17-56-9-7-42)61-28(14-52-3)36(47)33(24)44)11-58-18-29-37(48)35(46)23(26(63-29)16-55-6-2)12-60-20-31-39(50)40(51)41(53-4)32(64-31)21-57-10-8-43/h22-51H,5-21H2,1-4H3. The summed E-state index contributed by atoms with van der Waals surface area (Å²) in [6.07, 6.45) is -18.7. The van der Waals surface area contributed by atoms with E-state index in [1.54, 1.807) is 13.8 Å². The highest BCUT2D eigenvalue weighted by Gasteiger charge is 2.49. The van der Waals surface area contributed by atoms with Gasteiger partial charge in [0, 0.05) is 45.2 Å². The van der Waals surface area contributed by atoms with Gasteiger partial charge in [0.25, 0.3) is 0 Å². The van der Waals surface area contributed by atoms with Gasteiger partial charge < -0.3 is 113 Å². The smallest absolute Gasteiger partial charge is 0.114 e. The van der Waals surface area contributed by atoms with Gasteiger partial charge in [-0.1, -0.05) is 0 Å². The highest BCUT2D eigenvalue weighted by molar-refractivity contribution is 4.97. The molecule has 20 atom stereocenters. The quantitative estimate of drug-likeness (QED) is 0.0313. The summed E-state index contributed by atoms with van der Waals surface area (Å²) in [7, 11) is 2.80. The van der Waals surface area contributed by atoms with Crippen molar-refractivity contribution in [2.75, 3.05) is 127 Å². The van der Waals surface area contributed by atoms with Gasteiger partial charge in [-0.2, -0.15) is 0 Å². The topological polar surface area (TPSA) is 322 Å². The molecule has 10 N–H and O–H groups in total. The minimum Gasteiger partial charge on any atom is -0.394 e. The molecule has 20 unspecified atom stereocenters. The van der Waals surface area contributed by atoms with Crippen LogP contribution in [0.3, 0.4) is 0 Å². The Morgan fingerprint density at radius 1 is 0.344 bits per heavy atom. The number of rotatable bonds is 29. The first-order valence-corrected chi connectivity index (χ1v) is 22.2. The first-order chi connectivity index (χ1) is 30.9. The zero-order valence-electron chi connectivity index (χ0n) is 37.3. The lowest BCUT2D eigenvalue weighted by Gasteiger charge is -2.45. The Morgan fingerprint density at radius 2 is 0.656 bits per heavy atom. The predicted molar refractivity (Wildman–Crippen MR) is 217 cm³/mol. The Bertz CT molecular complexity index is 1230.